The SMILES string of the molecule is Cc1nc(SCCCN(C)C)cc(C23CC4CC(CC(C4)C2)C3)n1. The summed E-state index contributed by atoms with van der Waals surface area (Å²) in [5, 5.41) is 1.20. The zero-order valence-electron chi connectivity index (χ0n) is 15.4. The van der Waals surface area contributed by atoms with Crippen molar-refractivity contribution in [2.75, 3.05) is 26.4 Å². The van der Waals surface area contributed by atoms with E-state index in [-0.39, 0.29) is 0 Å². The van der Waals surface area contributed by atoms with E-state index in [2.05, 4.69) is 32.0 Å². The van der Waals surface area contributed by atoms with E-state index in [0.717, 1.165) is 35.9 Å². The molecule has 0 radical (unpaired) electrons. The van der Waals surface area contributed by atoms with Crippen LogP contribution in [0.2, 0.25) is 0 Å². The van der Waals surface area contributed by atoms with Gasteiger partial charge in [0.25, 0.3) is 0 Å². The molecule has 0 aromatic carbocycles. The molecule has 4 bridgehead atoms. The normalized spacial score (nSPS) is 34.2. The van der Waals surface area contributed by atoms with Gasteiger partial charge in [-0.25, -0.2) is 9.97 Å². The maximum absolute atomic E-state index is 4.95. The van der Waals surface area contributed by atoms with Crippen molar-refractivity contribution in [2.24, 2.45) is 17.8 Å². The molecular formula is C20H31N3S. The first-order valence-electron chi connectivity index (χ1n) is 9.66. The third kappa shape index (κ3) is 3.37. The predicted octanol–water partition coefficient (Wildman–Crippen LogP) is 4.30. The maximum atomic E-state index is 4.95. The van der Waals surface area contributed by atoms with Gasteiger partial charge >= 0.3 is 0 Å². The number of nitrogens with zero attached hydrogens (tertiary/aromatic N) is 3. The lowest BCUT2D eigenvalue weighted by atomic mass is 9.49. The van der Waals surface area contributed by atoms with Crippen LogP contribution >= 0.6 is 11.8 Å². The van der Waals surface area contributed by atoms with Gasteiger partial charge in [0.1, 0.15) is 5.82 Å². The molecule has 0 N–H and O–H groups in total. The lowest BCUT2D eigenvalue weighted by Crippen LogP contribution is -2.49. The van der Waals surface area contributed by atoms with Crippen molar-refractivity contribution in [2.45, 2.75) is 62.3 Å². The minimum atomic E-state index is 0.390. The monoisotopic (exact) mass is 345 g/mol. The number of aryl methyl sites for hydroxylation is 1. The molecule has 4 fully saturated rings. The highest BCUT2D eigenvalue weighted by molar-refractivity contribution is 7.99. The molecular weight excluding hydrogens is 314 g/mol. The van der Waals surface area contributed by atoms with Gasteiger partial charge in [-0.1, -0.05) is 0 Å². The largest absolute Gasteiger partial charge is 0.309 e. The number of thioether (sulfide) groups is 1. The second-order valence-corrected chi connectivity index (χ2v) is 9.96. The van der Waals surface area contributed by atoms with E-state index in [0.29, 0.717) is 5.41 Å². The van der Waals surface area contributed by atoms with Crippen LogP contribution in [0.25, 0.3) is 0 Å². The molecule has 1 heterocycles. The average molecular weight is 346 g/mol. The van der Waals surface area contributed by atoms with E-state index >= 15 is 0 Å². The Labute approximate surface area is 151 Å². The highest BCUT2D eigenvalue weighted by atomic mass is 32.2. The fraction of sp³-hybridized carbons (Fsp3) is 0.800. The summed E-state index contributed by atoms with van der Waals surface area (Å²) in [6.07, 6.45) is 9.87. The van der Waals surface area contributed by atoms with Gasteiger partial charge in [-0.2, -0.15) is 0 Å². The van der Waals surface area contributed by atoms with Crippen molar-refractivity contribution >= 4 is 11.8 Å². The molecule has 4 saturated carbocycles. The number of aromatic nitrogens is 2. The first-order chi connectivity index (χ1) is 11.5. The fourth-order valence-corrected chi connectivity index (χ4v) is 6.74. The summed E-state index contributed by atoms with van der Waals surface area (Å²) in [7, 11) is 4.29. The van der Waals surface area contributed by atoms with E-state index < -0.39 is 0 Å². The molecule has 132 valence electrons. The number of hydrogen-bond acceptors (Lipinski definition) is 4. The molecule has 4 heteroatoms. The van der Waals surface area contributed by atoms with E-state index in [1.165, 1.54) is 55.7 Å². The van der Waals surface area contributed by atoms with E-state index in [4.69, 9.17) is 9.97 Å². The molecule has 0 spiro atoms. The molecule has 0 unspecified atom stereocenters. The Hall–Kier alpha value is -0.610. The molecule has 1 aromatic rings. The maximum Gasteiger partial charge on any atom is 0.126 e. The van der Waals surface area contributed by atoms with Crippen molar-refractivity contribution in [1.29, 1.82) is 0 Å². The minimum absolute atomic E-state index is 0.390. The molecule has 0 saturated heterocycles. The van der Waals surface area contributed by atoms with Crippen molar-refractivity contribution in [3.63, 3.8) is 0 Å². The van der Waals surface area contributed by atoms with Crippen LogP contribution in [0.15, 0.2) is 11.1 Å². The lowest BCUT2D eigenvalue weighted by molar-refractivity contribution is -0.00746. The standard InChI is InChI=1S/C20H31N3S/c1-14-21-18(10-19(22-14)24-6-4-5-23(2)3)20-11-15-7-16(12-20)9-17(8-15)13-20/h10,15-17H,4-9,11-13H2,1-3H3. The van der Waals surface area contributed by atoms with Gasteiger partial charge in [0.15, 0.2) is 0 Å². The third-order valence-electron chi connectivity index (χ3n) is 6.40. The summed E-state index contributed by atoms with van der Waals surface area (Å²) < 4.78 is 0. The van der Waals surface area contributed by atoms with Gasteiger partial charge in [-0.3, -0.25) is 0 Å². The average Bonchev–Trinajstić information content (AvgIpc) is 2.49. The van der Waals surface area contributed by atoms with E-state index in [1.807, 2.05) is 11.8 Å². The summed E-state index contributed by atoms with van der Waals surface area (Å²) in [5.41, 5.74) is 1.77. The summed E-state index contributed by atoms with van der Waals surface area (Å²) in [6, 6.07) is 2.35. The summed E-state index contributed by atoms with van der Waals surface area (Å²) in [6.45, 7) is 3.23. The Morgan fingerprint density at radius 2 is 1.71 bits per heavy atom. The molecule has 0 aliphatic heterocycles. The van der Waals surface area contributed by atoms with Gasteiger partial charge in [0.05, 0.1) is 10.7 Å². The summed E-state index contributed by atoms with van der Waals surface area (Å²) in [4.78, 5) is 11.9. The van der Waals surface area contributed by atoms with Crippen molar-refractivity contribution in [3.8, 4) is 0 Å². The molecule has 3 nitrogen and oxygen atoms in total. The van der Waals surface area contributed by atoms with Gasteiger partial charge < -0.3 is 4.90 Å². The molecule has 5 rings (SSSR count). The second-order valence-electron chi connectivity index (χ2n) is 8.84. The Morgan fingerprint density at radius 3 is 2.29 bits per heavy atom. The first kappa shape index (κ1) is 16.8. The van der Waals surface area contributed by atoms with Crippen LogP contribution < -0.4 is 0 Å². The molecule has 24 heavy (non-hydrogen) atoms. The van der Waals surface area contributed by atoms with Crippen LogP contribution in [0.1, 0.15) is 56.5 Å². The smallest absolute Gasteiger partial charge is 0.126 e. The Kier molecular flexibility index (Phi) is 4.63. The highest BCUT2D eigenvalue weighted by Gasteiger charge is 2.52. The topological polar surface area (TPSA) is 29.0 Å². The highest BCUT2D eigenvalue weighted by Crippen LogP contribution is 2.60. The molecule has 0 amide bonds. The van der Waals surface area contributed by atoms with Crippen LogP contribution in [0, 0.1) is 24.7 Å². The van der Waals surface area contributed by atoms with Crippen LogP contribution in [-0.4, -0.2) is 41.3 Å². The van der Waals surface area contributed by atoms with Crippen LogP contribution in [0.4, 0.5) is 0 Å². The summed E-state index contributed by atoms with van der Waals surface area (Å²) in [5.74, 6) is 5.04. The van der Waals surface area contributed by atoms with Crippen LogP contribution in [-0.2, 0) is 5.41 Å². The van der Waals surface area contributed by atoms with Crippen molar-refractivity contribution in [1.82, 2.24) is 14.9 Å². The molecule has 1 aromatic heterocycles. The Balaban J connectivity index is 1.51. The fourth-order valence-electron chi connectivity index (χ4n) is 5.87. The van der Waals surface area contributed by atoms with Crippen molar-refractivity contribution in [3.05, 3.63) is 17.6 Å². The lowest BCUT2D eigenvalue weighted by Gasteiger charge is -2.56. The minimum Gasteiger partial charge on any atom is -0.309 e. The van der Waals surface area contributed by atoms with Crippen molar-refractivity contribution < 1.29 is 0 Å². The Bertz CT molecular complexity index is 563. The van der Waals surface area contributed by atoms with Crippen LogP contribution in [0.3, 0.4) is 0 Å². The third-order valence-corrected chi connectivity index (χ3v) is 7.39. The summed E-state index contributed by atoms with van der Waals surface area (Å²) >= 11 is 1.92. The molecule has 4 aliphatic carbocycles. The number of hydrogen-bond donors (Lipinski definition) is 0. The number of rotatable bonds is 6. The quantitative estimate of drug-likeness (QED) is 0.437. The molecule has 4 aliphatic rings. The van der Waals surface area contributed by atoms with Gasteiger partial charge in [0.2, 0.25) is 0 Å². The van der Waals surface area contributed by atoms with E-state index in [1.54, 1.807) is 0 Å². The molecule has 0 atom stereocenters. The van der Waals surface area contributed by atoms with Crippen LogP contribution in [0.5, 0.6) is 0 Å². The zero-order valence-corrected chi connectivity index (χ0v) is 16.2. The Morgan fingerprint density at radius 1 is 1.08 bits per heavy atom. The second kappa shape index (κ2) is 6.60. The zero-order chi connectivity index (χ0) is 16.7. The first-order valence-corrected chi connectivity index (χ1v) is 10.6. The van der Waals surface area contributed by atoms with Gasteiger partial charge in [-0.05, 0) is 96.3 Å². The van der Waals surface area contributed by atoms with Gasteiger partial charge in [0, 0.05) is 11.2 Å². The van der Waals surface area contributed by atoms with Gasteiger partial charge in [-0.15, -0.1) is 11.8 Å². The van der Waals surface area contributed by atoms with E-state index in [9.17, 15) is 0 Å². The predicted molar refractivity (Wildman–Crippen MR) is 101 cm³/mol.